The van der Waals surface area contributed by atoms with Crippen LogP contribution in [0.15, 0.2) is 16.6 Å². The Bertz CT molecular complexity index is 528. The molecular weight excluding hydrogens is 304 g/mol. The highest BCUT2D eigenvalue weighted by molar-refractivity contribution is 9.10. The fraction of sp³-hybridized carbons (Fsp3) is 0.455. The minimum absolute atomic E-state index is 0.0963. The Morgan fingerprint density at radius 2 is 1.82 bits per heavy atom. The van der Waals surface area contributed by atoms with Crippen molar-refractivity contribution in [3.05, 3.63) is 33.3 Å². The van der Waals surface area contributed by atoms with Crippen LogP contribution in [0.5, 0.6) is 0 Å². The Morgan fingerprint density at radius 3 is 2.47 bits per heavy atom. The van der Waals surface area contributed by atoms with Gasteiger partial charge >= 0.3 is 0 Å². The summed E-state index contributed by atoms with van der Waals surface area (Å²) >= 11 is 3.02. The quantitative estimate of drug-likeness (QED) is 0.729. The average Bonchev–Trinajstić information content (AvgIpc) is 2.44. The van der Waals surface area contributed by atoms with E-state index in [1.165, 1.54) is 6.07 Å². The number of alkyl halides is 4. The summed E-state index contributed by atoms with van der Waals surface area (Å²) in [6.07, 6.45) is -1.94. The number of hydrogen-bond acceptors (Lipinski definition) is 1. The molecule has 0 radical (unpaired) electrons. The second kappa shape index (κ2) is 2.85. The van der Waals surface area contributed by atoms with Crippen molar-refractivity contribution >= 4 is 15.9 Å². The molecule has 1 atom stereocenters. The van der Waals surface area contributed by atoms with Gasteiger partial charge in [0.15, 0.2) is 5.60 Å². The first-order valence-corrected chi connectivity index (χ1v) is 5.78. The van der Waals surface area contributed by atoms with Crippen molar-refractivity contribution in [3.63, 3.8) is 0 Å². The maximum Gasteiger partial charge on any atom is 0.284 e. The zero-order valence-corrected chi connectivity index (χ0v) is 9.99. The molecule has 3 rings (SSSR count). The van der Waals surface area contributed by atoms with Gasteiger partial charge in [-0.2, -0.15) is 0 Å². The van der Waals surface area contributed by atoms with E-state index in [4.69, 9.17) is 0 Å². The lowest BCUT2D eigenvalue weighted by molar-refractivity contribution is -0.198. The second-order valence-electron chi connectivity index (χ2n) is 4.61. The topological polar surface area (TPSA) is 20.2 Å². The van der Waals surface area contributed by atoms with E-state index in [0.717, 1.165) is 6.07 Å². The first kappa shape index (κ1) is 11.5. The van der Waals surface area contributed by atoms with Crippen LogP contribution in [-0.2, 0) is 17.9 Å². The molecule has 17 heavy (non-hydrogen) atoms. The van der Waals surface area contributed by atoms with E-state index in [1.807, 2.05) is 0 Å². The monoisotopic (exact) mass is 310 g/mol. The van der Waals surface area contributed by atoms with Crippen LogP contribution >= 0.6 is 15.9 Å². The van der Waals surface area contributed by atoms with Gasteiger partial charge in [0.2, 0.25) is 0 Å². The van der Waals surface area contributed by atoms with Gasteiger partial charge in [0.05, 0.1) is 6.42 Å². The summed E-state index contributed by atoms with van der Waals surface area (Å²) in [5.74, 6) is -6.95. The molecule has 0 aliphatic heterocycles. The molecule has 1 N–H and O–H groups in total. The first-order valence-electron chi connectivity index (χ1n) is 4.99. The van der Waals surface area contributed by atoms with Crippen LogP contribution in [0.25, 0.3) is 0 Å². The molecule has 0 amide bonds. The normalized spacial score (nSPS) is 31.6. The SMILES string of the molecule is OC12CC(F)(F)c3cc(Br)cc(c31)CC2(F)F. The van der Waals surface area contributed by atoms with Crippen LogP contribution in [0.3, 0.4) is 0 Å². The third kappa shape index (κ3) is 1.23. The Morgan fingerprint density at radius 1 is 1.18 bits per heavy atom. The smallest absolute Gasteiger partial charge is 0.284 e. The standard InChI is InChI=1S/C11H7BrF4O/c12-6-1-5-3-11(15,16)9(17)4-10(13,14)7(2-6)8(5)9/h1-2,17H,3-4H2. The number of benzene rings is 1. The van der Waals surface area contributed by atoms with Crippen molar-refractivity contribution in [3.8, 4) is 0 Å². The molecule has 2 aliphatic rings. The molecule has 1 aromatic rings. The van der Waals surface area contributed by atoms with Crippen molar-refractivity contribution in [2.45, 2.75) is 30.3 Å². The fourth-order valence-corrected chi connectivity index (χ4v) is 3.29. The summed E-state index contributed by atoms with van der Waals surface area (Å²) in [6.45, 7) is 0. The lowest BCUT2D eigenvalue weighted by Gasteiger charge is -2.27. The van der Waals surface area contributed by atoms with E-state index >= 15 is 0 Å². The van der Waals surface area contributed by atoms with Gasteiger partial charge in [-0.15, -0.1) is 0 Å². The van der Waals surface area contributed by atoms with Gasteiger partial charge in [-0.05, 0) is 17.7 Å². The first-order chi connectivity index (χ1) is 7.67. The predicted octanol–water partition coefficient (Wildman–Crippen LogP) is 3.32. The van der Waals surface area contributed by atoms with E-state index in [0.29, 0.717) is 4.47 Å². The molecule has 2 aliphatic carbocycles. The van der Waals surface area contributed by atoms with Gasteiger partial charge in [0.25, 0.3) is 11.8 Å². The number of aliphatic hydroxyl groups is 1. The molecule has 0 spiro atoms. The van der Waals surface area contributed by atoms with Gasteiger partial charge < -0.3 is 5.11 Å². The summed E-state index contributed by atoms with van der Waals surface area (Å²) in [5, 5.41) is 9.91. The van der Waals surface area contributed by atoms with Crippen LogP contribution in [0.2, 0.25) is 0 Å². The van der Waals surface area contributed by atoms with Crippen molar-refractivity contribution in [2.24, 2.45) is 0 Å². The summed E-state index contributed by atoms with van der Waals surface area (Å²) < 4.78 is 55.0. The summed E-state index contributed by atoms with van der Waals surface area (Å²) in [5.41, 5.74) is -3.39. The van der Waals surface area contributed by atoms with Crippen molar-refractivity contribution in [1.82, 2.24) is 0 Å². The molecule has 1 nitrogen and oxygen atoms in total. The van der Waals surface area contributed by atoms with E-state index in [2.05, 4.69) is 15.9 Å². The van der Waals surface area contributed by atoms with Gasteiger partial charge in [0.1, 0.15) is 0 Å². The highest BCUT2D eigenvalue weighted by atomic mass is 79.9. The molecule has 92 valence electrons. The molecule has 0 bridgehead atoms. The van der Waals surface area contributed by atoms with Crippen LogP contribution in [-0.4, -0.2) is 11.0 Å². The molecule has 6 heteroatoms. The third-order valence-electron chi connectivity index (χ3n) is 3.49. The summed E-state index contributed by atoms with van der Waals surface area (Å²) in [7, 11) is 0. The minimum atomic E-state index is -3.54. The Kier molecular flexibility index (Phi) is 1.93. The van der Waals surface area contributed by atoms with Crippen molar-refractivity contribution < 1.29 is 22.7 Å². The Labute approximate surface area is 103 Å². The minimum Gasteiger partial charge on any atom is -0.379 e. The predicted molar refractivity (Wildman–Crippen MR) is 55.2 cm³/mol. The van der Waals surface area contributed by atoms with Crippen LogP contribution in [0, 0.1) is 0 Å². The fourth-order valence-electron chi connectivity index (χ4n) is 2.78. The van der Waals surface area contributed by atoms with Crippen LogP contribution in [0.1, 0.15) is 23.1 Å². The van der Waals surface area contributed by atoms with E-state index in [1.54, 1.807) is 0 Å². The highest BCUT2D eigenvalue weighted by Crippen LogP contribution is 2.62. The van der Waals surface area contributed by atoms with E-state index in [-0.39, 0.29) is 11.1 Å². The maximum absolute atomic E-state index is 13.7. The second-order valence-corrected chi connectivity index (χ2v) is 5.53. The lowest BCUT2D eigenvalue weighted by Crippen LogP contribution is -2.41. The van der Waals surface area contributed by atoms with Gasteiger partial charge in [-0.1, -0.05) is 15.9 Å². The van der Waals surface area contributed by atoms with Crippen molar-refractivity contribution in [1.29, 1.82) is 0 Å². The third-order valence-corrected chi connectivity index (χ3v) is 3.95. The molecule has 1 unspecified atom stereocenters. The Hall–Kier alpha value is -0.620. The van der Waals surface area contributed by atoms with E-state index in [9.17, 15) is 22.7 Å². The number of hydrogen-bond donors (Lipinski definition) is 1. The van der Waals surface area contributed by atoms with Crippen LogP contribution < -0.4 is 0 Å². The van der Waals surface area contributed by atoms with Gasteiger partial charge in [-0.25, -0.2) is 17.6 Å². The number of halogens is 5. The van der Waals surface area contributed by atoms with E-state index < -0.39 is 35.9 Å². The zero-order valence-electron chi connectivity index (χ0n) is 8.41. The van der Waals surface area contributed by atoms with Gasteiger partial charge in [0, 0.05) is 22.0 Å². The maximum atomic E-state index is 13.7. The molecule has 0 saturated carbocycles. The Balaban J connectivity index is 2.37. The lowest BCUT2D eigenvalue weighted by atomic mass is 9.95. The molecule has 0 aromatic heterocycles. The summed E-state index contributed by atoms with van der Waals surface area (Å²) in [6, 6.07) is 2.48. The molecule has 0 heterocycles. The van der Waals surface area contributed by atoms with Crippen LogP contribution in [0.4, 0.5) is 17.6 Å². The molecular formula is C11H7BrF4O. The number of rotatable bonds is 0. The molecule has 0 fully saturated rings. The van der Waals surface area contributed by atoms with Gasteiger partial charge in [-0.3, -0.25) is 0 Å². The summed E-state index contributed by atoms with van der Waals surface area (Å²) in [4.78, 5) is 0. The highest BCUT2D eigenvalue weighted by Gasteiger charge is 2.69. The molecule has 0 saturated heterocycles. The zero-order chi connectivity index (χ0) is 12.6. The largest absolute Gasteiger partial charge is 0.379 e. The molecule has 1 aromatic carbocycles. The van der Waals surface area contributed by atoms with Crippen molar-refractivity contribution in [2.75, 3.05) is 0 Å². The average molecular weight is 311 g/mol.